The molecule has 2 N–H and O–H groups in total. The number of carbonyl (C=O) groups is 2. The average Bonchev–Trinajstić information content (AvgIpc) is 2.67. The van der Waals surface area contributed by atoms with Gasteiger partial charge >= 0.3 is 12.0 Å². The minimum Gasteiger partial charge on any atom is -0.480 e. The molecule has 1 rings (SSSR count). The predicted octanol–water partition coefficient (Wildman–Crippen LogP) is 1.68. The van der Waals surface area contributed by atoms with E-state index in [9.17, 15) is 9.59 Å². The first-order valence-corrected chi connectivity index (χ1v) is 6.31. The largest absolute Gasteiger partial charge is 0.480 e. The lowest BCUT2D eigenvalue weighted by Crippen LogP contribution is -2.50. The highest BCUT2D eigenvalue weighted by Gasteiger charge is 2.39. The molecule has 1 saturated heterocycles. The molecule has 1 aliphatic heterocycles. The number of hydrogen-bond donors (Lipinski definition) is 2. The number of amides is 2. The quantitative estimate of drug-likeness (QED) is 0.788. The Balaban J connectivity index is 2.65. The van der Waals surface area contributed by atoms with Crippen LogP contribution in [0.15, 0.2) is 0 Å². The van der Waals surface area contributed by atoms with Gasteiger partial charge in [0.25, 0.3) is 0 Å². The Morgan fingerprint density at radius 1 is 1.41 bits per heavy atom. The van der Waals surface area contributed by atoms with Crippen LogP contribution in [-0.4, -0.2) is 40.6 Å². The summed E-state index contributed by atoms with van der Waals surface area (Å²) in [5.74, 6) is -0.880. The molecule has 2 unspecified atom stereocenters. The number of aliphatic carboxylic acids is 1. The number of carboxylic acids is 1. The zero-order chi connectivity index (χ0) is 13.0. The first kappa shape index (κ1) is 13.8. The SMILES string of the molecule is CCC(CC)NC(=O)N1CCC(C)C1C(=O)O. The number of hydrogen-bond acceptors (Lipinski definition) is 2. The summed E-state index contributed by atoms with van der Waals surface area (Å²) in [6.07, 6.45) is 2.49. The van der Waals surface area contributed by atoms with E-state index >= 15 is 0 Å². The summed E-state index contributed by atoms with van der Waals surface area (Å²) in [5, 5.41) is 12.0. The first-order chi connectivity index (χ1) is 8.01. The van der Waals surface area contributed by atoms with E-state index in [0.717, 1.165) is 19.3 Å². The van der Waals surface area contributed by atoms with Gasteiger partial charge in [0.15, 0.2) is 0 Å². The van der Waals surface area contributed by atoms with Gasteiger partial charge in [0.1, 0.15) is 6.04 Å². The third-order valence-electron chi connectivity index (χ3n) is 3.53. The number of rotatable bonds is 4. The highest BCUT2D eigenvalue weighted by Crippen LogP contribution is 2.24. The Morgan fingerprint density at radius 2 is 2.00 bits per heavy atom. The molecule has 1 fully saturated rings. The Hall–Kier alpha value is -1.26. The lowest BCUT2D eigenvalue weighted by Gasteiger charge is -2.26. The Kier molecular flexibility index (Phi) is 4.78. The second-order valence-electron chi connectivity index (χ2n) is 4.71. The smallest absolute Gasteiger partial charge is 0.326 e. The second-order valence-corrected chi connectivity index (χ2v) is 4.71. The molecule has 0 radical (unpaired) electrons. The van der Waals surface area contributed by atoms with Crippen molar-refractivity contribution >= 4 is 12.0 Å². The van der Waals surface area contributed by atoms with Crippen molar-refractivity contribution in [3.8, 4) is 0 Å². The molecule has 0 spiro atoms. The summed E-state index contributed by atoms with van der Waals surface area (Å²) in [5.41, 5.74) is 0. The highest BCUT2D eigenvalue weighted by atomic mass is 16.4. The highest BCUT2D eigenvalue weighted by molar-refractivity contribution is 5.83. The third-order valence-corrected chi connectivity index (χ3v) is 3.53. The van der Waals surface area contributed by atoms with E-state index in [0.29, 0.717) is 6.54 Å². The summed E-state index contributed by atoms with van der Waals surface area (Å²) >= 11 is 0. The molecule has 98 valence electrons. The van der Waals surface area contributed by atoms with Crippen LogP contribution in [0.2, 0.25) is 0 Å². The maximum Gasteiger partial charge on any atom is 0.326 e. The van der Waals surface area contributed by atoms with Crippen molar-refractivity contribution in [1.29, 1.82) is 0 Å². The van der Waals surface area contributed by atoms with E-state index in [2.05, 4.69) is 5.32 Å². The molecule has 0 aromatic rings. The van der Waals surface area contributed by atoms with Crippen molar-refractivity contribution in [2.24, 2.45) is 5.92 Å². The Labute approximate surface area is 102 Å². The molecule has 0 saturated carbocycles. The van der Waals surface area contributed by atoms with Gasteiger partial charge in [0.05, 0.1) is 0 Å². The van der Waals surface area contributed by atoms with Gasteiger partial charge < -0.3 is 15.3 Å². The van der Waals surface area contributed by atoms with Crippen molar-refractivity contribution in [3.63, 3.8) is 0 Å². The van der Waals surface area contributed by atoms with Gasteiger partial charge in [-0.15, -0.1) is 0 Å². The molecular formula is C12H22N2O3. The first-order valence-electron chi connectivity index (χ1n) is 6.31. The van der Waals surface area contributed by atoms with E-state index in [-0.39, 0.29) is 18.0 Å². The van der Waals surface area contributed by atoms with E-state index in [1.54, 1.807) is 0 Å². The fourth-order valence-electron chi connectivity index (χ4n) is 2.30. The molecule has 5 nitrogen and oxygen atoms in total. The van der Waals surface area contributed by atoms with E-state index in [1.807, 2.05) is 20.8 Å². The molecule has 0 aromatic carbocycles. The molecule has 17 heavy (non-hydrogen) atoms. The molecule has 2 amide bonds. The number of carboxylic acid groups (broad SMARTS) is 1. The lowest BCUT2D eigenvalue weighted by molar-refractivity contribution is -0.142. The monoisotopic (exact) mass is 242 g/mol. The van der Waals surface area contributed by atoms with E-state index < -0.39 is 12.0 Å². The van der Waals surface area contributed by atoms with Gasteiger partial charge in [-0.25, -0.2) is 9.59 Å². The van der Waals surface area contributed by atoms with Crippen LogP contribution in [0.3, 0.4) is 0 Å². The number of nitrogens with zero attached hydrogens (tertiary/aromatic N) is 1. The van der Waals surface area contributed by atoms with E-state index in [4.69, 9.17) is 5.11 Å². The van der Waals surface area contributed by atoms with Crippen LogP contribution in [0.1, 0.15) is 40.0 Å². The zero-order valence-corrected chi connectivity index (χ0v) is 10.8. The van der Waals surface area contributed by atoms with Crippen LogP contribution >= 0.6 is 0 Å². The maximum absolute atomic E-state index is 12.0. The van der Waals surface area contributed by atoms with Gasteiger partial charge in [-0.05, 0) is 25.2 Å². The van der Waals surface area contributed by atoms with Crippen LogP contribution in [-0.2, 0) is 4.79 Å². The van der Waals surface area contributed by atoms with Crippen LogP contribution in [0.4, 0.5) is 4.79 Å². The van der Waals surface area contributed by atoms with Crippen molar-refractivity contribution in [1.82, 2.24) is 10.2 Å². The summed E-state index contributed by atoms with van der Waals surface area (Å²) in [6, 6.07) is -0.785. The van der Waals surface area contributed by atoms with Gasteiger partial charge in [-0.2, -0.15) is 0 Å². The summed E-state index contributed by atoms with van der Waals surface area (Å²) in [6.45, 7) is 6.43. The van der Waals surface area contributed by atoms with Gasteiger partial charge in [-0.1, -0.05) is 20.8 Å². The average molecular weight is 242 g/mol. The zero-order valence-electron chi connectivity index (χ0n) is 10.8. The second kappa shape index (κ2) is 5.89. The van der Waals surface area contributed by atoms with Crippen molar-refractivity contribution < 1.29 is 14.7 Å². The normalized spacial score (nSPS) is 24.1. The summed E-state index contributed by atoms with van der Waals surface area (Å²) < 4.78 is 0. The minimum absolute atomic E-state index is 0.0277. The standard InChI is InChI=1S/C12H22N2O3/c1-4-9(5-2)13-12(17)14-7-6-8(3)10(14)11(15)16/h8-10H,4-7H2,1-3H3,(H,13,17)(H,15,16). The molecule has 5 heteroatoms. The van der Waals surface area contributed by atoms with Crippen LogP contribution in [0.5, 0.6) is 0 Å². The fourth-order valence-corrected chi connectivity index (χ4v) is 2.30. The van der Waals surface area contributed by atoms with Gasteiger partial charge in [0.2, 0.25) is 0 Å². The predicted molar refractivity (Wildman–Crippen MR) is 64.8 cm³/mol. The van der Waals surface area contributed by atoms with Crippen LogP contribution < -0.4 is 5.32 Å². The Bertz CT molecular complexity index is 289. The van der Waals surface area contributed by atoms with Crippen LogP contribution in [0, 0.1) is 5.92 Å². The third kappa shape index (κ3) is 3.11. The minimum atomic E-state index is -0.908. The van der Waals surface area contributed by atoms with Crippen molar-refractivity contribution in [2.45, 2.75) is 52.1 Å². The number of urea groups is 1. The van der Waals surface area contributed by atoms with E-state index in [1.165, 1.54) is 4.90 Å². The van der Waals surface area contributed by atoms with Gasteiger partial charge in [0, 0.05) is 12.6 Å². The van der Waals surface area contributed by atoms with Crippen molar-refractivity contribution in [2.75, 3.05) is 6.54 Å². The summed E-state index contributed by atoms with van der Waals surface area (Å²) in [4.78, 5) is 24.6. The number of nitrogens with one attached hydrogen (secondary N) is 1. The molecular weight excluding hydrogens is 220 g/mol. The van der Waals surface area contributed by atoms with Crippen LogP contribution in [0.25, 0.3) is 0 Å². The summed E-state index contributed by atoms with van der Waals surface area (Å²) in [7, 11) is 0. The Morgan fingerprint density at radius 3 is 2.47 bits per heavy atom. The maximum atomic E-state index is 12.0. The lowest BCUT2D eigenvalue weighted by atomic mass is 10.0. The number of likely N-dealkylation sites (tertiary alicyclic amines) is 1. The molecule has 1 heterocycles. The molecule has 0 aromatic heterocycles. The fraction of sp³-hybridized carbons (Fsp3) is 0.833. The number of carbonyl (C=O) groups excluding carboxylic acids is 1. The topological polar surface area (TPSA) is 69.6 Å². The molecule has 1 aliphatic rings. The molecule has 0 bridgehead atoms. The molecule has 0 aliphatic carbocycles. The van der Waals surface area contributed by atoms with Crippen molar-refractivity contribution in [3.05, 3.63) is 0 Å². The van der Waals surface area contributed by atoms with Gasteiger partial charge in [-0.3, -0.25) is 0 Å². The molecule has 2 atom stereocenters.